The largest absolute Gasteiger partial charge is 0.304 e. The van der Waals surface area contributed by atoms with Crippen molar-refractivity contribution >= 4 is 23.3 Å². The molecule has 3 rings (SSSR count). The highest BCUT2D eigenvalue weighted by Gasteiger charge is 2.10. The van der Waals surface area contributed by atoms with Crippen LogP contribution in [-0.4, -0.2) is 25.9 Å². The molecular weight excluding hydrogens is 342 g/mol. The summed E-state index contributed by atoms with van der Waals surface area (Å²) in [5.41, 5.74) is 1.63. The second kappa shape index (κ2) is 7.23. The van der Waals surface area contributed by atoms with Crippen LogP contribution in [0.2, 0.25) is 5.02 Å². The Balaban J connectivity index is 1.69. The van der Waals surface area contributed by atoms with Gasteiger partial charge in [-0.15, -0.1) is 5.10 Å². The summed E-state index contributed by atoms with van der Waals surface area (Å²) in [5.74, 6) is -0.190. The highest BCUT2D eigenvalue weighted by Crippen LogP contribution is 2.13. The standard InChI is InChI=1S/C17H14ClN5O2/c1-23-16(24)8-7-15(22-23)19-17(25)14-6-5-13(20-21-14)10-11-3-2-4-12(18)9-11/h2-9H,10H2,1H3,(H,19,22,25). The summed E-state index contributed by atoms with van der Waals surface area (Å²) in [7, 11) is 1.50. The Morgan fingerprint density at radius 3 is 2.68 bits per heavy atom. The molecule has 0 spiro atoms. The van der Waals surface area contributed by atoms with Crippen molar-refractivity contribution in [3.8, 4) is 0 Å². The highest BCUT2D eigenvalue weighted by molar-refractivity contribution is 6.30. The van der Waals surface area contributed by atoms with Gasteiger partial charge in [0.05, 0.1) is 5.69 Å². The summed E-state index contributed by atoms with van der Waals surface area (Å²) in [6, 6.07) is 13.5. The number of amides is 1. The fourth-order valence-corrected chi connectivity index (χ4v) is 2.39. The van der Waals surface area contributed by atoms with Crippen LogP contribution < -0.4 is 10.9 Å². The lowest BCUT2D eigenvalue weighted by Crippen LogP contribution is -2.22. The van der Waals surface area contributed by atoms with Crippen LogP contribution in [0.4, 0.5) is 5.82 Å². The predicted octanol–water partition coefficient (Wildman–Crippen LogP) is 2.07. The predicted molar refractivity (Wildman–Crippen MR) is 93.7 cm³/mol. The number of halogens is 1. The Bertz CT molecular complexity index is 969. The Labute approximate surface area is 148 Å². The lowest BCUT2D eigenvalue weighted by atomic mass is 10.1. The number of aryl methyl sites for hydroxylation is 1. The van der Waals surface area contributed by atoms with Crippen LogP contribution >= 0.6 is 11.6 Å². The molecule has 0 saturated heterocycles. The van der Waals surface area contributed by atoms with Crippen molar-refractivity contribution < 1.29 is 4.79 Å². The van der Waals surface area contributed by atoms with Gasteiger partial charge in [0.15, 0.2) is 11.5 Å². The maximum absolute atomic E-state index is 12.2. The Kier molecular flexibility index (Phi) is 4.85. The zero-order valence-corrected chi connectivity index (χ0v) is 14.1. The number of nitrogens with one attached hydrogen (secondary N) is 1. The zero-order valence-electron chi connectivity index (χ0n) is 13.3. The van der Waals surface area contributed by atoms with E-state index in [4.69, 9.17) is 11.6 Å². The van der Waals surface area contributed by atoms with Crippen LogP contribution in [0.25, 0.3) is 0 Å². The lowest BCUT2D eigenvalue weighted by Gasteiger charge is -2.05. The van der Waals surface area contributed by atoms with Gasteiger partial charge in [-0.05, 0) is 35.9 Å². The van der Waals surface area contributed by atoms with Crippen LogP contribution in [0.1, 0.15) is 21.7 Å². The molecule has 7 nitrogen and oxygen atoms in total. The maximum atomic E-state index is 12.2. The van der Waals surface area contributed by atoms with Crippen molar-refractivity contribution in [1.82, 2.24) is 20.0 Å². The molecule has 126 valence electrons. The first-order valence-corrected chi connectivity index (χ1v) is 7.82. The minimum Gasteiger partial charge on any atom is -0.304 e. The van der Waals surface area contributed by atoms with Crippen LogP contribution in [-0.2, 0) is 13.5 Å². The van der Waals surface area contributed by atoms with Gasteiger partial charge >= 0.3 is 0 Å². The summed E-state index contributed by atoms with van der Waals surface area (Å²) in [5, 5.41) is 15.2. The van der Waals surface area contributed by atoms with E-state index in [-0.39, 0.29) is 17.1 Å². The minimum atomic E-state index is -0.451. The van der Waals surface area contributed by atoms with Gasteiger partial charge in [-0.1, -0.05) is 23.7 Å². The first kappa shape index (κ1) is 16.8. The van der Waals surface area contributed by atoms with Gasteiger partial charge in [0.1, 0.15) is 0 Å². The SMILES string of the molecule is Cn1nc(NC(=O)c2ccc(Cc3cccc(Cl)c3)nn2)ccc1=O. The number of hydrogen-bond donors (Lipinski definition) is 1. The zero-order chi connectivity index (χ0) is 17.8. The number of aromatic nitrogens is 4. The molecule has 0 aliphatic carbocycles. The molecule has 8 heteroatoms. The fourth-order valence-electron chi connectivity index (χ4n) is 2.18. The van der Waals surface area contributed by atoms with Crippen molar-refractivity contribution in [1.29, 1.82) is 0 Å². The summed E-state index contributed by atoms with van der Waals surface area (Å²) < 4.78 is 1.13. The highest BCUT2D eigenvalue weighted by atomic mass is 35.5. The molecule has 2 heterocycles. The summed E-state index contributed by atoms with van der Waals surface area (Å²) >= 11 is 5.96. The van der Waals surface area contributed by atoms with Gasteiger partial charge in [-0.2, -0.15) is 10.2 Å². The van der Waals surface area contributed by atoms with E-state index in [1.54, 1.807) is 18.2 Å². The van der Waals surface area contributed by atoms with Gasteiger partial charge in [-0.3, -0.25) is 9.59 Å². The van der Waals surface area contributed by atoms with Crippen molar-refractivity contribution in [2.75, 3.05) is 5.32 Å². The number of benzene rings is 1. The van der Waals surface area contributed by atoms with E-state index in [0.29, 0.717) is 11.4 Å². The number of anilines is 1. The minimum absolute atomic E-state index is 0.158. The molecule has 0 bridgehead atoms. The van der Waals surface area contributed by atoms with E-state index in [0.717, 1.165) is 15.9 Å². The van der Waals surface area contributed by atoms with E-state index < -0.39 is 5.91 Å². The molecule has 0 fully saturated rings. The molecule has 0 unspecified atom stereocenters. The van der Waals surface area contributed by atoms with Gasteiger partial charge < -0.3 is 5.32 Å². The Morgan fingerprint density at radius 2 is 2.00 bits per heavy atom. The molecule has 0 aliphatic rings. The van der Waals surface area contributed by atoms with E-state index in [2.05, 4.69) is 20.6 Å². The van der Waals surface area contributed by atoms with E-state index >= 15 is 0 Å². The molecule has 2 aromatic heterocycles. The second-order valence-electron chi connectivity index (χ2n) is 5.35. The third-order valence-electron chi connectivity index (χ3n) is 3.43. The summed E-state index contributed by atoms with van der Waals surface area (Å²) in [6.07, 6.45) is 0.567. The average Bonchev–Trinajstić information content (AvgIpc) is 2.59. The molecule has 0 aliphatic heterocycles. The normalized spacial score (nSPS) is 10.5. The summed E-state index contributed by atoms with van der Waals surface area (Å²) in [4.78, 5) is 23.5. The molecule has 1 aromatic carbocycles. The monoisotopic (exact) mass is 355 g/mol. The van der Waals surface area contributed by atoms with E-state index in [1.165, 1.54) is 19.2 Å². The molecular formula is C17H14ClN5O2. The molecule has 1 amide bonds. The lowest BCUT2D eigenvalue weighted by molar-refractivity contribution is 0.102. The van der Waals surface area contributed by atoms with Crippen LogP contribution in [0.5, 0.6) is 0 Å². The van der Waals surface area contributed by atoms with E-state index in [9.17, 15) is 9.59 Å². The Hall–Kier alpha value is -3.06. The van der Waals surface area contributed by atoms with Crippen molar-refractivity contribution in [3.05, 3.63) is 80.9 Å². The molecule has 0 atom stereocenters. The van der Waals surface area contributed by atoms with Crippen molar-refractivity contribution in [3.63, 3.8) is 0 Å². The molecule has 0 radical (unpaired) electrons. The summed E-state index contributed by atoms with van der Waals surface area (Å²) in [6.45, 7) is 0. The van der Waals surface area contributed by atoms with Crippen LogP contribution in [0, 0.1) is 0 Å². The Morgan fingerprint density at radius 1 is 1.16 bits per heavy atom. The van der Waals surface area contributed by atoms with Gasteiger partial charge in [0.25, 0.3) is 11.5 Å². The second-order valence-corrected chi connectivity index (χ2v) is 5.79. The third-order valence-corrected chi connectivity index (χ3v) is 3.66. The molecule has 1 N–H and O–H groups in total. The number of carbonyl (C=O) groups is 1. The maximum Gasteiger partial charge on any atom is 0.277 e. The number of hydrogen-bond acceptors (Lipinski definition) is 5. The first-order valence-electron chi connectivity index (χ1n) is 7.44. The smallest absolute Gasteiger partial charge is 0.277 e. The molecule has 25 heavy (non-hydrogen) atoms. The third kappa shape index (κ3) is 4.27. The van der Waals surface area contributed by atoms with Crippen molar-refractivity contribution in [2.24, 2.45) is 7.05 Å². The van der Waals surface area contributed by atoms with E-state index in [1.807, 2.05) is 18.2 Å². The van der Waals surface area contributed by atoms with Gasteiger partial charge in [0.2, 0.25) is 0 Å². The first-order chi connectivity index (χ1) is 12.0. The fraction of sp³-hybridized carbons (Fsp3) is 0.118. The van der Waals surface area contributed by atoms with Crippen LogP contribution in [0.3, 0.4) is 0 Å². The number of carbonyl (C=O) groups excluding carboxylic acids is 1. The quantitative estimate of drug-likeness (QED) is 0.773. The number of rotatable bonds is 4. The topological polar surface area (TPSA) is 89.8 Å². The van der Waals surface area contributed by atoms with Crippen LogP contribution in [0.15, 0.2) is 53.3 Å². The molecule has 0 saturated carbocycles. The molecule has 3 aromatic rings. The average molecular weight is 356 g/mol. The van der Waals surface area contributed by atoms with Crippen molar-refractivity contribution in [2.45, 2.75) is 6.42 Å². The number of nitrogens with zero attached hydrogens (tertiary/aromatic N) is 4. The van der Waals surface area contributed by atoms with Gasteiger partial charge in [0, 0.05) is 24.6 Å². The van der Waals surface area contributed by atoms with Gasteiger partial charge in [-0.25, -0.2) is 4.68 Å².